The molecule has 2 aliphatic carbocycles. The normalized spacial score (nSPS) is 33.5. The van der Waals surface area contributed by atoms with Gasteiger partial charge in [-0.15, -0.1) is 0 Å². The van der Waals surface area contributed by atoms with Crippen molar-refractivity contribution in [1.29, 1.82) is 0 Å². The lowest BCUT2D eigenvalue weighted by atomic mass is 9.88. The van der Waals surface area contributed by atoms with Gasteiger partial charge in [0, 0.05) is 25.7 Å². The van der Waals surface area contributed by atoms with E-state index in [9.17, 15) is 0 Å². The van der Waals surface area contributed by atoms with Crippen LogP contribution in [0.5, 0.6) is 0 Å². The highest BCUT2D eigenvalue weighted by Crippen LogP contribution is 2.32. The van der Waals surface area contributed by atoms with Crippen molar-refractivity contribution in [2.75, 3.05) is 26.2 Å². The van der Waals surface area contributed by atoms with Crippen LogP contribution in [0.4, 0.5) is 0 Å². The molecule has 1 aliphatic heterocycles. The lowest BCUT2D eigenvalue weighted by Gasteiger charge is -2.39. The number of likely N-dealkylation sites (tertiary alicyclic amines) is 1. The van der Waals surface area contributed by atoms with E-state index in [0.717, 1.165) is 23.8 Å². The molecule has 1 N–H and O–H groups in total. The fourth-order valence-corrected chi connectivity index (χ4v) is 4.29. The average molecular weight is 278 g/mol. The molecule has 1 heterocycles. The number of hydrogen-bond donors (Lipinski definition) is 1. The Hall–Kier alpha value is -0.0800. The van der Waals surface area contributed by atoms with Crippen LogP contribution in [0.15, 0.2) is 0 Å². The van der Waals surface area contributed by atoms with Gasteiger partial charge in [0.05, 0.1) is 0 Å². The van der Waals surface area contributed by atoms with Gasteiger partial charge in [-0.2, -0.15) is 0 Å². The highest BCUT2D eigenvalue weighted by Gasteiger charge is 2.31. The smallest absolute Gasteiger partial charge is 0.0198 e. The minimum atomic E-state index is 0.773. The topological polar surface area (TPSA) is 15.3 Å². The van der Waals surface area contributed by atoms with Gasteiger partial charge in [-0.1, -0.05) is 32.6 Å². The predicted octanol–water partition coefficient (Wildman–Crippen LogP) is 3.67. The van der Waals surface area contributed by atoms with Gasteiger partial charge < -0.3 is 10.2 Å². The Kier molecular flexibility index (Phi) is 5.39. The second-order valence-electron chi connectivity index (χ2n) is 7.78. The molecular weight excluding hydrogens is 244 g/mol. The number of hydrogen-bond acceptors (Lipinski definition) is 2. The molecule has 0 bridgehead atoms. The van der Waals surface area contributed by atoms with Gasteiger partial charge in [-0.25, -0.2) is 0 Å². The van der Waals surface area contributed by atoms with Crippen LogP contribution in [0.25, 0.3) is 0 Å². The van der Waals surface area contributed by atoms with Gasteiger partial charge in [-0.05, 0) is 56.4 Å². The molecule has 1 saturated heterocycles. The third-order valence-corrected chi connectivity index (χ3v) is 5.82. The van der Waals surface area contributed by atoms with Crippen LogP contribution in [-0.4, -0.2) is 37.1 Å². The van der Waals surface area contributed by atoms with E-state index in [0.29, 0.717) is 0 Å². The SMILES string of the molecule is CCC1CC(NCC2CCCCC2)CN(CC2CC2)C1. The number of nitrogens with zero attached hydrogens (tertiary/aromatic N) is 1. The van der Waals surface area contributed by atoms with Crippen molar-refractivity contribution in [3.8, 4) is 0 Å². The number of rotatable bonds is 6. The molecule has 116 valence electrons. The van der Waals surface area contributed by atoms with Crippen LogP contribution >= 0.6 is 0 Å². The van der Waals surface area contributed by atoms with E-state index in [1.165, 1.54) is 84.0 Å². The Labute approximate surface area is 125 Å². The first-order valence-electron chi connectivity index (χ1n) is 9.29. The van der Waals surface area contributed by atoms with Crippen molar-refractivity contribution in [1.82, 2.24) is 10.2 Å². The van der Waals surface area contributed by atoms with Crippen LogP contribution < -0.4 is 5.32 Å². The Bertz CT molecular complexity index is 281. The molecule has 0 aromatic carbocycles. The molecule has 3 rings (SSSR count). The summed E-state index contributed by atoms with van der Waals surface area (Å²) in [4.78, 5) is 2.77. The summed E-state index contributed by atoms with van der Waals surface area (Å²) in [6.07, 6.45) is 13.2. The lowest BCUT2D eigenvalue weighted by Crippen LogP contribution is -2.50. The first kappa shape index (κ1) is 14.8. The minimum absolute atomic E-state index is 0.773. The summed E-state index contributed by atoms with van der Waals surface area (Å²) in [5.41, 5.74) is 0. The van der Waals surface area contributed by atoms with Crippen molar-refractivity contribution < 1.29 is 0 Å². The molecule has 0 radical (unpaired) electrons. The Morgan fingerprint density at radius 1 is 0.900 bits per heavy atom. The molecule has 3 aliphatic rings. The summed E-state index contributed by atoms with van der Waals surface area (Å²) >= 11 is 0. The first-order valence-corrected chi connectivity index (χ1v) is 9.29. The van der Waals surface area contributed by atoms with E-state index < -0.39 is 0 Å². The van der Waals surface area contributed by atoms with Gasteiger partial charge in [0.25, 0.3) is 0 Å². The van der Waals surface area contributed by atoms with Crippen molar-refractivity contribution >= 4 is 0 Å². The largest absolute Gasteiger partial charge is 0.312 e. The molecule has 0 amide bonds. The Balaban J connectivity index is 1.43. The summed E-state index contributed by atoms with van der Waals surface area (Å²) in [6.45, 7) is 7.74. The van der Waals surface area contributed by atoms with Gasteiger partial charge >= 0.3 is 0 Å². The van der Waals surface area contributed by atoms with E-state index in [2.05, 4.69) is 17.1 Å². The maximum absolute atomic E-state index is 3.94. The standard InChI is InChI=1S/C18H34N2/c1-2-15-10-18(14-20(12-15)13-17-8-9-17)19-11-16-6-4-3-5-7-16/h15-19H,2-14H2,1H3. The third-order valence-electron chi connectivity index (χ3n) is 5.82. The van der Waals surface area contributed by atoms with Crippen LogP contribution in [-0.2, 0) is 0 Å². The summed E-state index contributed by atoms with van der Waals surface area (Å²) < 4.78 is 0. The minimum Gasteiger partial charge on any atom is -0.312 e. The lowest BCUT2D eigenvalue weighted by molar-refractivity contribution is 0.129. The van der Waals surface area contributed by atoms with Crippen molar-refractivity contribution in [2.45, 2.75) is 70.8 Å². The van der Waals surface area contributed by atoms with E-state index >= 15 is 0 Å². The summed E-state index contributed by atoms with van der Waals surface area (Å²) in [5.74, 6) is 2.96. The van der Waals surface area contributed by atoms with Crippen LogP contribution in [0.1, 0.15) is 64.7 Å². The van der Waals surface area contributed by atoms with E-state index in [4.69, 9.17) is 0 Å². The fraction of sp³-hybridized carbons (Fsp3) is 1.00. The number of nitrogens with one attached hydrogen (secondary N) is 1. The predicted molar refractivity (Wildman–Crippen MR) is 85.9 cm³/mol. The molecule has 2 atom stereocenters. The van der Waals surface area contributed by atoms with Gasteiger partial charge in [0.2, 0.25) is 0 Å². The van der Waals surface area contributed by atoms with Crippen LogP contribution in [0.2, 0.25) is 0 Å². The van der Waals surface area contributed by atoms with Crippen molar-refractivity contribution in [2.24, 2.45) is 17.8 Å². The summed E-state index contributed by atoms with van der Waals surface area (Å²) in [7, 11) is 0. The second-order valence-corrected chi connectivity index (χ2v) is 7.78. The highest BCUT2D eigenvalue weighted by atomic mass is 15.2. The molecule has 2 unspecified atom stereocenters. The zero-order valence-corrected chi connectivity index (χ0v) is 13.4. The molecular formula is C18H34N2. The molecule has 3 fully saturated rings. The zero-order chi connectivity index (χ0) is 13.8. The molecule has 2 heteroatoms. The Morgan fingerprint density at radius 2 is 1.70 bits per heavy atom. The molecule has 0 spiro atoms. The van der Waals surface area contributed by atoms with Crippen molar-refractivity contribution in [3.05, 3.63) is 0 Å². The maximum Gasteiger partial charge on any atom is 0.0198 e. The second kappa shape index (κ2) is 7.26. The monoisotopic (exact) mass is 278 g/mol. The maximum atomic E-state index is 3.94. The Morgan fingerprint density at radius 3 is 2.40 bits per heavy atom. The fourth-order valence-electron chi connectivity index (χ4n) is 4.29. The average Bonchev–Trinajstić information content (AvgIpc) is 3.30. The van der Waals surface area contributed by atoms with Gasteiger partial charge in [0.1, 0.15) is 0 Å². The van der Waals surface area contributed by atoms with Crippen LogP contribution in [0, 0.1) is 17.8 Å². The molecule has 2 nitrogen and oxygen atoms in total. The summed E-state index contributed by atoms with van der Waals surface area (Å²) in [5, 5.41) is 3.94. The van der Waals surface area contributed by atoms with Gasteiger partial charge in [0.15, 0.2) is 0 Å². The molecule has 0 aromatic heterocycles. The van der Waals surface area contributed by atoms with E-state index in [-0.39, 0.29) is 0 Å². The number of piperidine rings is 1. The molecule has 20 heavy (non-hydrogen) atoms. The molecule has 0 aromatic rings. The summed E-state index contributed by atoms with van der Waals surface area (Å²) in [6, 6.07) is 0.773. The quantitative estimate of drug-likeness (QED) is 0.797. The van der Waals surface area contributed by atoms with E-state index in [1.54, 1.807) is 0 Å². The van der Waals surface area contributed by atoms with Crippen molar-refractivity contribution in [3.63, 3.8) is 0 Å². The van der Waals surface area contributed by atoms with E-state index in [1.807, 2.05) is 0 Å². The van der Waals surface area contributed by atoms with Crippen LogP contribution in [0.3, 0.4) is 0 Å². The first-order chi connectivity index (χ1) is 9.83. The zero-order valence-electron chi connectivity index (χ0n) is 13.4. The van der Waals surface area contributed by atoms with Gasteiger partial charge in [-0.3, -0.25) is 0 Å². The third kappa shape index (κ3) is 4.46. The highest BCUT2D eigenvalue weighted by molar-refractivity contribution is 4.87. The molecule has 2 saturated carbocycles.